The Balaban J connectivity index is 1.86. The Morgan fingerprint density at radius 2 is 2.63 bits per heavy atom. The van der Waals surface area contributed by atoms with Crippen LogP contribution in [0.5, 0.6) is 0 Å². The summed E-state index contributed by atoms with van der Waals surface area (Å²) in [4.78, 5) is 11.7. The Labute approximate surface area is 112 Å². The number of aromatic nitrogens is 2. The Bertz CT molecular complexity index is 438. The van der Waals surface area contributed by atoms with E-state index in [1.165, 1.54) is 0 Å². The predicted molar refractivity (Wildman–Crippen MR) is 72.6 cm³/mol. The van der Waals surface area contributed by atoms with Gasteiger partial charge in [-0.3, -0.25) is 9.48 Å². The third-order valence-corrected chi connectivity index (χ3v) is 3.07. The fourth-order valence-corrected chi connectivity index (χ4v) is 2.05. The highest BCUT2D eigenvalue weighted by atomic mass is 16.5. The van der Waals surface area contributed by atoms with Gasteiger partial charge in [-0.1, -0.05) is 6.08 Å². The minimum Gasteiger partial charge on any atom is -0.376 e. The summed E-state index contributed by atoms with van der Waals surface area (Å²) in [7, 11) is 0. The molecule has 0 aliphatic carbocycles. The van der Waals surface area contributed by atoms with Gasteiger partial charge in [-0.15, -0.1) is 6.58 Å². The van der Waals surface area contributed by atoms with E-state index in [1.54, 1.807) is 23.2 Å². The molecule has 2 unspecified atom stereocenters. The van der Waals surface area contributed by atoms with Crippen LogP contribution in [0.2, 0.25) is 0 Å². The lowest BCUT2D eigenvalue weighted by Crippen LogP contribution is -2.34. The number of carbonyl (C=O) groups excluding carboxylic acids is 1. The average molecular weight is 264 g/mol. The molecular weight excluding hydrogens is 244 g/mol. The molecule has 0 saturated carbocycles. The zero-order chi connectivity index (χ0) is 13.7. The van der Waals surface area contributed by atoms with Gasteiger partial charge < -0.3 is 15.8 Å². The number of anilines is 1. The van der Waals surface area contributed by atoms with Gasteiger partial charge >= 0.3 is 0 Å². The van der Waals surface area contributed by atoms with Crippen molar-refractivity contribution in [1.82, 2.24) is 9.78 Å². The molecule has 1 aromatic heterocycles. The van der Waals surface area contributed by atoms with Gasteiger partial charge in [0.25, 0.3) is 0 Å². The van der Waals surface area contributed by atoms with E-state index in [1.807, 2.05) is 0 Å². The molecule has 1 aliphatic rings. The van der Waals surface area contributed by atoms with Gasteiger partial charge in [0.05, 0.1) is 30.6 Å². The van der Waals surface area contributed by atoms with Crippen LogP contribution in [-0.2, 0) is 16.1 Å². The molecule has 1 fully saturated rings. The monoisotopic (exact) mass is 264 g/mol. The summed E-state index contributed by atoms with van der Waals surface area (Å²) in [5.41, 5.74) is 6.34. The van der Waals surface area contributed by atoms with Crippen LogP contribution in [0.4, 0.5) is 5.69 Å². The third kappa shape index (κ3) is 3.90. The predicted octanol–water partition coefficient (Wildman–Crippen LogP) is 0.904. The molecule has 3 N–H and O–H groups in total. The van der Waals surface area contributed by atoms with Crippen molar-refractivity contribution in [2.75, 3.05) is 11.9 Å². The van der Waals surface area contributed by atoms with E-state index in [9.17, 15) is 4.79 Å². The summed E-state index contributed by atoms with van der Waals surface area (Å²) in [6.45, 7) is 5.10. The number of ether oxygens (including phenoxy) is 1. The maximum absolute atomic E-state index is 11.7. The number of amides is 1. The second-order valence-corrected chi connectivity index (χ2v) is 4.71. The highest BCUT2D eigenvalue weighted by Crippen LogP contribution is 2.15. The Morgan fingerprint density at radius 3 is 3.32 bits per heavy atom. The second-order valence-electron chi connectivity index (χ2n) is 4.71. The Kier molecular flexibility index (Phi) is 4.70. The van der Waals surface area contributed by atoms with Crippen molar-refractivity contribution in [3.63, 3.8) is 0 Å². The van der Waals surface area contributed by atoms with Crippen LogP contribution in [0.1, 0.15) is 19.3 Å². The first-order valence-electron chi connectivity index (χ1n) is 6.50. The lowest BCUT2D eigenvalue weighted by atomic mass is 10.2. The summed E-state index contributed by atoms with van der Waals surface area (Å²) >= 11 is 0. The first kappa shape index (κ1) is 13.8. The lowest BCUT2D eigenvalue weighted by Gasteiger charge is -2.09. The van der Waals surface area contributed by atoms with Crippen molar-refractivity contribution in [1.29, 1.82) is 0 Å². The van der Waals surface area contributed by atoms with Crippen molar-refractivity contribution in [2.45, 2.75) is 38.0 Å². The number of carbonyl (C=O) groups is 1. The number of nitrogens with two attached hydrogens (primary N) is 1. The van der Waals surface area contributed by atoms with E-state index in [4.69, 9.17) is 10.5 Å². The average Bonchev–Trinajstić information content (AvgIpc) is 3.02. The molecular formula is C13H20N4O2. The third-order valence-electron chi connectivity index (χ3n) is 3.07. The van der Waals surface area contributed by atoms with Gasteiger partial charge in [0.2, 0.25) is 5.91 Å². The van der Waals surface area contributed by atoms with Crippen molar-refractivity contribution in [2.24, 2.45) is 5.73 Å². The maximum atomic E-state index is 11.7. The standard InChI is InChI=1S/C13H20N4O2/c1-2-4-12(14)13(18)16-10-7-15-17(8-10)9-11-5-3-6-19-11/h2,7-8,11-12H,1,3-6,9,14H2,(H,16,18). The van der Waals surface area contributed by atoms with Gasteiger partial charge in [-0.2, -0.15) is 5.10 Å². The summed E-state index contributed by atoms with van der Waals surface area (Å²) in [6.07, 6.45) is 7.89. The first-order chi connectivity index (χ1) is 9.19. The van der Waals surface area contributed by atoms with Crippen LogP contribution in [-0.4, -0.2) is 34.4 Å². The fraction of sp³-hybridized carbons (Fsp3) is 0.538. The number of rotatable bonds is 6. The zero-order valence-corrected chi connectivity index (χ0v) is 10.9. The van der Waals surface area contributed by atoms with E-state index in [-0.39, 0.29) is 12.0 Å². The van der Waals surface area contributed by atoms with E-state index in [0.717, 1.165) is 19.4 Å². The van der Waals surface area contributed by atoms with Crippen molar-refractivity contribution >= 4 is 11.6 Å². The fourth-order valence-electron chi connectivity index (χ4n) is 2.05. The van der Waals surface area contributed by atoms with E-state index < -0.39 is 6.04 Å². The molecule has 2 atom stereocenters. The lowest BCUT2D eigenvalue weighted by molar-refractivity contribution is -0.117. The minimum absolute atomic E-state index is 0.225. The molecule has 0 radical (unpaired) electrons. The highest BCUT2D eigenvalue weighted by Gasteiger charge is 2.17. The van der Waals surface area contributed by atoms with E-state index in [2.05, 4.69) is 17.0 Å². The van der Waals surface area contributed by atoms with Gasteiger partial charge in [0, 0.05) is 12.8 Å². The quantitative estimate of drug-likeness (QED) is 0.748. The molecule has 2 heterocycles. The molecule has 19 heavy (non-hydrogen) atoms. The summed E-state index contributed by atoms with van der Waals surface area (Å²) in [6, 6.07) is -0.570. The first-order valence-corrected chi connectivity index (χ1v) is 6.50. The summed E-state index contributed by atoms with van der Waals surface area (Å²) in [5.74, 6) is -0.225. The molecule has 0 bridgehead atoms. The van der Waals surface area contributed by atoms with Crippen LogP contribution >= 0.6 is 0 Å². The smallest absolute Gasteiger partial charge is 0.241 e. The number of nitrogens with one attached hydrogen (secondary N) is 1. The molecule has 104 valence electrons. The minimum atomic E-state index is -0.570. The zero-order valence-electron chi connectivity index (χ0n) is 10.9. The molecule has 1 aromatic rings. The topological polar surface area (TPSA) is 82.2 Å². The molecule has 6 heteroatoms. The SMILES string of the molecule is C=CCC(N)C(=O)Nc1cnn(CC2CCCO2)c1. The van der Waals surface area contributed by atoms with Gasteiger partial charge in [-0.05, 0) is 19.3 Å². The largest absolute Gasteiger partial charge is 0.376 e. The summed E-state index contributed by atoms with van der Waals surface area (Å²) < 4.78 is 7.32. The second kappa shape index (κ2) is 6.49. The molecule has 2 rings (SSSR count). The van der Waals surface area contributed by atoms with Crippen molar-refractivity contribution in [3.05, 3.63) is 25.0 Å². The molecule has 1 saturated heterocycles. The molecule has 0 aromatic carbocycles. The maximum Gasteiger partial charge on any atom is 0.241 e. The molecule has 1 amide bonds. The van der Waals surface area contributed by atoms with Crippen LogP contribution in [0, 0.1) is 0 Å². The number of nitrogens with zero attached hydrogens (tertiary/aromatic N) is 2. The highest BCUT2D eigenvalue weighted by molar-refractivity contribution is 5.94. The molecule has 6 nitrogen and oxygen atoms in total. The van der Waals surface area contributed by atoms with Crippen molar-refractivity contribution < 1.29 is 9.53 Å². The van der Waals surface area contributed by atoms with E-state index >= 15 is 0 Å². The van der Waals surface area contributed by atoms with Crippen LogP contribution in [0.3, 0.4) is 0 Å². The van der Waals surface area contributed by atoms with Crippen LogP contribution in [0.15, 0.2) is 25.0 Å². The Morgan fingerprint density at radius 1 is 1.79 bits per heavy atom. The molecule has 0 spiro atoms. The van der Waals surface area contributed by atoms with Gasteiger partial charge in [-0.25, -0.2) is 0 Å². The van der Waals surface area contributed by atoms with Gasteiger partial charge in [0.1, 0.15) is 0 Å². The number of hydrogen-bond donors (Lipinski definition) is 2. The Hall–Kier alpha value is -1.66. The number of hydrogen-bond acceptors (Lipinski definition) is 4. The van der Waals surface area contributed by atoms with Crippen molar-refractivity contribution in [3.8, 4) is 0 Å². The van der Waals surface area contributed by atoms with Crippen LogP contribution in [0.25, 0.3) is 0 Å². The van der Waals surface area contributed by atoms with Crippen LogP contribution < -0.4 is 11.1 Å². The van der Waals surface area contributed by atoms with E-state index in [0.29, 0.717) is 18.7 Å². The van der Waals surface area contributed by atoms with Gasteiger partial charge in [0.15, 0.2) is 0 Å². The normalized spacial score (nSPS) is 20.2. The molecule has 1 aliphatic heterocycles. The summed E-state index contributed by atoms with van der Waals surface area (Å²) in [5, 5.41) is 6.93.